The Morgan fingerprint density at radius 2 is 1.89 bits per heavy atom. The lowest BCUT2D eigenvalue weighted by molar-refractivity contribution is 0.356. The average Bonchev–Trinajstić information content (AvgIpc) is 2.36. The SMILES string of the molecule is COc1cccnc1NC(=S)NC(C(C)C)C(C)C. The van der Waals surface area contributed by atoms with Crippen LogP contribution in [0.4, 0.5) is 5.82 Å². The Balaban J connectivity index is 2.69. The second-order valence-corrected chi connectivity index (χ2v) is 5.57. The standard InChI is InChI=1S/C14H23N3OS/c1-9(2)12(10(3)4)16-14(19)17-13-11(18-5)7-6-8-15-13/h6-10,12H,1-5H3,(H2,15,16,17,19). The fraction of sp³-hybridized carbons (Fsp3) is 0.571. The smallest absolute Gasteiger partial charge is 0.174 e. The lowest BCUT2D eigenvalue weighted by atomic mass is 9.93. The zero-order chi connectivity index (χ0) is 14.4. The Bertz CT molecular complexity index is 413. The van der Waals surface area contributed by atoms with Gasteiger partial charge in [0.05, 0.1) is 7.11 Å². The van der Waals surface area contributed by atoms with Gasteiger partial charge in [0.15, 0.2) is 16.7 Å². The van der Waals surface area contributed by atoms with E-state index in [0.717, 1.165) is 0 Å². The van der Waals surface area contributed by atoms with E-state index in [1.54, 1.807) is 13.3 Å². The van der Waals surface area contributed by atoms with Crippen LogP contribution in [-0.4, -0.2) is 23.2 Å². The van der Waals surface area contributed by atoms with E-state index in [-0.39, 0.29) is 0 Å². The summed E-state index contributed by atoms with van der Waals surface area (Å²) < 4.78 is 5.23. The van der Waals surface area contributed by atoms with Crippen molar-refractivity contribution in [2.45, 2.75) is 33.7 Å². The van der Waals surface area contributed by atoms with Crippen molar-refractivity contribution in [2.24, 2.45) is 11.8 Å². The number of pyridine rings is 1. The predicted octanol–water partition coefficient (Wildman–Crippen LogP) is 3.06. The van der Waals surface area contributed by atoms with E-state index in [0.29, 0.717) is 34.6 Å². The quantitative estimate of drug-likeness (QED) is 0.812. The van der Waals surface area contributed by atoms with Gasteiger partial charge in [-0.1, -0.05) is 27.7 Å². The topological polar surface area (TPSA) is 46.2 Å². The molecule has 1 heterocycles. The molecule has 1 rings (SSSR count). The number of nitrogens with one attached hydrogen (secondary N) is 2. The molecule has 0 atom stereocenters. The molecule has 0 radical (unpaired) electrons. The number of aromatic nitrogens is 1. The van der Waals surface area contributed by atoms with Gasteiger partial charge in [-0.05, 0) is 36.2 Å². The van der Waals surface area contributed by atoms with Crippen LogP contribution in [0.15, 0.2) is 18.3 Å². The Kier molecular flexibility index (Phi) is 6.02. The minimum Gasteiger partial charge on any atom is -0.493 e. The number of hydrogen-bond acceptors (Lipinski definition) is 3. The third-order valence-electron chi connectivity index (χ3n) is 2.96. The van der Waals surface area contributed by atoms with E-state index in [1.165, 1.54) is 0 Å². The zero-order valence-corrected chi connectivity index (χ0v) is 13.0. The molecular formula is C14H23N3OS. The molecule has 106 valence electrons. The van der Waals surface area contributed by atoms with Crippen molar-refractivity contribution in [3.63, 3.8) is 0 Å². The van der Waals surface area contributed by atoms with Gasteiger partial charge in [0.2, 0.25) is 0 Å². The van der Waals surface area contributed by atoms with Gasteiger partial charge in [0.25, 0.3) is 0 Å². The maximum Gasteiger partial charge on any atom is 0.174 e. The van der Waals surface area contributed by atoms with Crippen LogP contribution in [0.1, 0.15) is 27.7 Å². The number of hydrogen-bond donors (Lipinski definition) is 2. The number of thiocarbonyl (C=S) groups is 1. The largest absolute Gasteiger partial charge is 0.493 e. The Labute approximate surface area is 121 Å². The monoisotopic (exact) mass is 281 g/mol. The third kappa shape index (κ3) is 4.67. The minimum atomic E-state index is 0.328. The lowest BCUT2D eigenvalue weighted by Crippen LogP contribution is -2.44. The fourth-order valence-corrected chi connectivity index (χ4v) is 2.28. The molecule has 0 aliphatic carbocycles. The molecule has 1 aromatic rings. The van der Waals surface area contributed by atoms with Crippen molar-refractivity contribution in [1.29, 1.82) is 0 Å². The van der Waals surface area contributed by atoms with Crippen LogP contribution in [0, 0.1) is 11.8 Å². The van der Waals surface area contributed by atoms with Crippen molar-refractivity contribution >= 4 is 23.1 Å². The van der Waals surface area contributed by atoms with Crippen LogP contribution in [0.25, 0.3) is 0 Å². The maximum atomic E-state index is 5.34. The predicted molar refractivity (Wildman–Crippen MR) is 83.6 cm³/mol. The Morgan fingerprint density at radius 3 is 2.42 bits per heavy atom. The first kappa shape index (κ1) is 15.7. The van der Waals surface area contributed by atoms with E-state index in [4.69, 9.17) is 17.0 Å². The molecule has 19 heavy (non-hydrogen) atoms. The van der Waals surface area contributed by atoms with Gasteiger partial charge in [-0.25, -0.2) is 4.98 Å². The minimum absolute atomic E-state index is 0.328. The van der Waals surface area contributed by atoms with Crippen LogP contribution in [0.3, 0.4) is 0 Å². The third-order valence-corrected chi connectivity index (χ3v) is 3.18. The lowest BCUT2D eigenvalue weighted by Gasteiger charge is -2.27. The molecule has 0 saturated carbocycles. The van der Waals surface area contributed by atoms with Crippen LogP contribution in [-0.2, 0) is 0 Å². The first-order valence-electron chi connectivity index (χ1n) is 6.52. The second-order valence-electron chi connectivity index (χ2n) is 5.17. The molecule has 4 nitrogen and oxygen atoms in total. The van der Waals surface area contributed by atoms with E-state index in [9.17, 15) is 0 Å². The second kappa shape index (κ2) is 7.28. The molecule has 0 bridgehead atoms. The molecule has 0 aliphatic heterocycles. The molecule has 5 heteroatoms. The Hall–Kier alpha value is -1.36. The van der Waals surface area contributed by atoms with Crippen molar-refractivity contribution in [1.82, 2.24) is 10.3 Å². The molecule has 1 aromatic heterocycles. The highest BCUT2D eigenvalue weighted by Gasteiger charge is 2.18. The van der Waals surface area contributed by atoms with Gasteiger partial charge < -0.3 is 15.4 Å². The van der Waals surface area contributed by atoms with Gasteiger partial charge >= 0.3 is 0 Å². The molecule has 0 fully saturated rings. The average molecular weight is 281 g/mol. The number of ether oxygens (including phenoxy) is 1. The summed E-state index contributed by atoms with van der Waals surface area (Å²) in [5.74, 6) is 2.32. The van der Waals surface area contributed by atoms with Crippen molar-refractivity contribution < 1.29 is 4.74 Å². The molecule has 0 amide bonds. The summed E-state index contributed by atoms with van der Waals surface area (Å²) in [5.41, 5.74) is 0. The van der Waals surface area contributed by atoms with Crippen LogP contribution in [0.2, 0.25) is 0 Å². The Morgan fingerprint density at radius 1 is 1.26 bits per heavy atom. The molecule has 2 N–H and O–H groups in total. The number of rotatable bonds is 5. The van der Waals surface area contributed by atoms with Crippen LogP contribution < -0.4 is 15.4 Å². The summed E-state index contributed by atoms with van der Waals surface area (Å²) in [4.78, 5) is 4.22. The molecule has 0 aliphatic rings. The molecular weight excluding hydrogens is 258 g/mol. The number of anilines is 1. The van der Waals surface area contributed by atoms with E-state index < -0.39 is 0 Å². The number of methoxy groups -OCH3 is 1. The summed E-state index contributed by atoms with van der Waals surface area (Å²) in [6.07, 6.45) is 1.70. The van der Waals surface area contributed by atoms with Gasteiger partial charge in [0.1, 0.15) is 0 Å². The first-order chi connectivity index (χ1) is 8.95. The van der Waals surface area contributed by atoms with Gasteiger partial charge in [-0.3, -0.25) is 0 Å². The van der Waals surface area contributed by atoms with Crippen LogP contribution >= 0.6 is 12.2 Å². The number of nitrogens with zero attached hydrogens (tertiary/aromatic N) is 1. The molecule has 0 aromatic carbocycles. The summed E-state index contributed by atoms with van der Waals surface area (Å²) in [7, 11) is 1.61. The molecule has 0 unspecified atom stereocenters. The van der Waals surface area contributed by atoms with Gasteiger partial charge in [-0.2, -0.15) is 0 Å². The summed E-state index contributed by atoms with van der Waals surface area (Å²) >= 11 is 5.34. The van der Waals surface area contributed by atoms with E-state index >= 15 is 0 Å². The molecule has 0 saturated heterocycles. The highest BCUT2D eigenvalue weighted by Crippen LogP contribution is 2.20. The first-order valence-corrected chi connectivity index (χ1v) is 6.93. The van der Waals surface area contributed by atoms with Gasteiger partial charge in [0, 0.05) is 12.2 Å². The van der Waals surface area contributed by atoms with Gasteiger partial charge in [-0.15, -0.1) is 0 Å². The normalized spacial score (nSPS) is 10.9. The van der Waals surface area contributed by atoms with Crippen molar-refractivity contribution in [3.05, 3.63) is 18.3 Å². The highest BCUT2D eigenvalue weighted by atomic mass is 32.1. The fourth-order valence-electron chi connectivity index (χ4n) is 2.05. The van der Waals surface area contributed by atoms with E-state index in [1.807, 2.05) is 12.1 Å². The highest BCUT2D eigenvalue weighted by molar-refractivity contribution is 7.80. The summed E-state index contributed by atoms with van der Waals surface area (Å²) in [6, 6.07) is 4.00. The zero-order valence-electron chi connectivity index (χ0n) is 12.2. The maximum absolute atomic E-state index is 5.34. The summed E-state index contributed by atoms with van der Waals surface area (Å²) in [6.45, 7) is 8.73. The van der Waals surface area contributed by atoms with Crippen molar-refractivity contribution in [3.8, 4) is 5.75 Å². The van der Waals surface area contributed by atoms with Crippen LogP contribution in [0.5, 0.6) is 5.75 Å². The van der Waals surface area contributed by atoms with Crippen molar-refractivity contribution in [2.75, 3.05) is 12.4 Å². The van der Waals surface area contributed by atoms with E-state index in [2.05, 4.69) is 43.3 Å². The summed E-state index contributed by atoms with van der Waals surface area (Å²) in [5, 5.41) is 7.00. The molecule has 0 spiro atoms.